The van der Waals surface area contributed by atoms with Crippen LogP contribution in [0.4, 0.5) is 0 Å². The van der Waals surface area contributed by atoms with Crippen LogP contribution in [0.25, 0.3) is 77.2 Å². The number of benzene rings is 5. The van der Waals surface area contributed by atoms with Crippen molar-refractivity contribution in [1.29, 1.82) is 0 Å². The Balaban J connectivity index is 0.000000171. The summed E-state index contributed by atoms with van der Waals surface area (Å²) in [4.78, 5) is 9.23. The van der Waals surface area contributed by atoms with E-state index in [1.807, 2.05) is 24.5 Å². The van der Waals surface area contributed by atoms with Crippen LogP contribution in [0.15, 0.2) is 118 Å². The van der Waals surface area contributed by atoms with Gasteiger partial charge in [0.05, 0.1) is 19.2 Å². The van der Waals surface area contributed by atoms with Crippen LogP contribution in [0.5, 0.6) is 0 Å². The zero-order valence-electron chi connectivity index (χ0n) is 33.7. The molecule has 4 aromatic heterocycles. The maximum Gasteiger partial charge on any atom is 0.128 e. The molecule has 0 aliphatic carbocycles. The number of pyridine rings is 2. The maximum atomic E-state index is 6.64. The Morgan fingerprint density at radius 1 is 0.536 bits per heavy atom. The van der Waals surface area contributed by atoms with Crippen molar-refractivity contribution >= 4 is 67.9 Å². The molecule has 0 atom stereocenters. The van der Waals surface area contributed by atoms with Crippen molar-refractivity contribution in [2.75, 3.05) is 0 Å². The van der Waals surface area contributed by atoms with E-state index < -0.39 is 8.07 Å². The average Bonchev–Trinajstić information content (AvgIpc) is 3.76. The van der Waals surface area contributed by atoms with E-state index in [2.05, 4.69) is 168 Å². The van der Waals surface area contributed by atoms with Gasteiger partial charge in [-0.15, -0.1) is 36.4 Å². The van der Waals surface area contributed by atoms with Crippen molar-refractivity contribution in [1.82, 2.24) is 9.97 Å². The Morgan fingerprint density at radius 3 is 1.68 bits per heavy atom. The third kappa shape index (κ3) is 7.27. The Hall–Kier alpha value is -4.87. The van der Waals surface area contributed by atoms with Crippen molar-refractivity contribution < 1.29 is 28.9 Å². The molecular weight excluding hydrogens is 881 g/mol. The summed E-state index contributed by atoms with van der Waals surface area (Å²) in [6.07, 6.45) is 3.76. The van der Waals surface area contributed by atoms with E-state index >= 15 is 0 Å². The van der Waals surface area contributed by atoms with Crippen LogP contribution in [0.1, 0.15) is 76.0 Å². The molecule has 9 aromatic rings. The first-order valence-electron chi connectivity index (χ1n) is 19.5. The van der Waals surface area contributed by atoms with Crippen molar-refractivity contribution in [3.63, 3.8) is 0 Å². The quantitative estimate of drug-likeness (QED) is 0.123. The van der Waals surface area contributed by atoms with Gasteiger partial charge in [-0.25, -0.2) is 0 Å². The molecule has 9 rings (SSSR count). The van der Waals surface area contributed by atoms with Crippen molar-refractivity contribution in [2.24, 2.45) is 0 Å². The van der Waals surface area contributed by atoms with Gasteiger partial charge in [-0.1, -0.05) is 149 Å². The number of furan rings is 2. The van der Waals surface area contributed by atoms with Gasteiger partial charge in [0.1, 0.15) is 11.2 Å². The van der Waals surface area contributed by atoms with E-state index in [4.69, 9.17) is 8.83 Å². The fourth-order valence-electron chi connectivity index (χ4n) is 7.55. The number of fused-ring (bicyclic) bond motifs is 8. The normalized spacial score (nSPS) is 12.0. The van der Waals surface area contributed by atoms with Crippen molar-refractivity contribution in [3.8, 4) is 22.5 Å². The van der Waals surface area contributed by atoms with Crippen LogP contribution in [0, 0.1) is 12.1 Å². The second-order valence-corrected chi connectivity index (χ2v) is 21.7. The summed E-state index contributed by atoms with van der Waals surface area (Å²) in [7, 11) is -1.60. The summed E-state index contributed by atoms with van der Waals surface area (Å²) in [6.45, 7) is 20.4. The number of rotatable bonds is 6. The van der Waals surface area contributed by atoms with Crippen LogP contribution in [0.2, 0.25) is 19.6 Å². The second kappa shape index (κ2) is 15.6. The van der Waals surface area contributed by atoms with Gasteiger partial charge in [-0.3, -0.25) is 0 Å². The van der Waals surface area contributed by atoms with E-state index in [1.54, 1.807) is 0 Å². The molecule has 0 aliphatic rings. The van der Waals surface area contributed by atoms with Crippen LogP contribution >= 0.6 is 0 Å². The van der Waals surface area contributed by atoms with Gasteiger partial charge in [-0.2, -0.15) is 0 Å². The first-order valence-corrected chi connectivity index (χ1v) is 23.0. The minimum absolute atomic E-state index is 0. The molecule has 6 heteroatoms. The third-order valence-electron chi connectivity index (χ3n) is 10.8. The van der Waals surface area contributed by atoms with E-state index in [0.29, 0.717) is 17.8 Å². The average molecular weight is 929 g/mol. The Kier molecular flexibility index (Phi) is 10.9. The number of hydrogen-bond donors (Lipinski definition) is 0. The predicted molar refractivity (Wildman–Crippen MR) is 234 cm³/mol. The van der Waals surface area contributed by atoms with Crippen LogP contribution < -0.4 is 5.19 Å². The molecule has 0 saturated heterocycles. The molecule has 0 fully saturated rings. The fourth-order valence-corrected chi connectivity index (χ4v) is 9.14. The monoisotopic (exact) mass is 929 g/mol. The molecule has 0 amide bonds. The summed E-state index contributed by atoms with van der Waals surface area (Å²) in [5.41, 5.74) is 11.2. The fraction of sp³-hybridized carbons (Fsp3) is 0.240. The Labute approximate surface area is 344 Å². The zero-order valence-corrected chi connectivity index (χ0v) is 37.1. The topological polar surface area (TPSA) is 52.1 Å². The molecule has 4 heterocycles. The first kappa shape index (κ1) is 39.4. The molecule has 0 saturated carbocycles. The molecule has 285 valence electrons. The smallest absolute Gasteiger partial charge is 0.128 e. The van der Waals surface area contributed by atoms with E-state index in [0.717, 1.165) is 55.6 Å². The molecule has 5 aromatic carbocycles. The molecular formula is C50H48IrN2O2Si-2. The molecule has 0 spiro atoms. The largest absolute Gasteiger partial charge is 0.501 e. The van der Waals surface area contributed by atoms with Crippen LogP contribution in [-0.4, -0.2) is 18.0 Å². The number of nitrogens with zero attached hydrogens (tertiary/aromatic N) is 2. The van der Waals surface area contributed by atoms with Gasteiger partial charge in [0.15, 0.2) is 0 Å². The van der Waals surface area contributed by atoms with Crippen molar-refractivity contribution in [3.05, 3.63) is 138 Å². The van der Waals surface area contributed by atoms with Gasteiger partial charge in [0.2, 0.25) is 0 Å². The predicted octanol–water partition coefficient (Wildman–Crippen LogP) is 14.0. The third-order valence-corrected chi connectivity index (χ3v) is 12.8. The van der Waals surface area contributed by atoms with Gasteiger partial charge < -0.3 is 18.8 Å². The molecule has 1 radical (unpaired) electrons. The van der Waals surface area contributed by atoms with E-state index in [-0.39, 0.29) is 20.1 Å². The molecule has 56 heavy (non-hydrogen) atoms. The minimum Gasteiger partial charge on any atom is -0.501 e. The van der Waals surface area contributed by atoms with Gasteiger partial charge in [0.25, 0.3) is 0 Å². The van der Waals surface area contributed by atoms with Crippen LogP contribution in [0.3, 0.4) is 0 Å². The van der Waals surface area contributed by atoms with E-state index in [1.165, 1.54) is 43.4 Å². The summed E-state index contributed by atoms with van der Waals surface area (Å²) in [6, 6.07) is 40.9. The first-order chi connectivity index (χ1) is 26.4. The molecule has 0 aliphatic heterocycles. The van der Waals surface area contributed by atoms with E-state index in [9.17, 15) is 0 Å². The number of aromatic nitrogens is 2. The standard InChI is InChI=1S/C27H26NOSi.C23H22NO.Ir/c1-17(2)18-13-14-28-23(15-18)21-11-8-12-22-25-24(30(3,4)5)16-19-9-6-7-10-20(19)27(25)29-26(21)22;1-14(2)16-8-9-18-19-6-5-7-20(23(19)25-22(18)13-16)21-12-17(15(3)4)10-11-24-21;/h6-10,12-17H,1-5H3;5-6,8-15H,1-4H3;/q2*-1;. The summed E-state index contributed by atoms with van der Waals surface area (Å²) in [5, 5.41) is 8.55. The summed E-state index contributed by atoms with van der Waals surface area (Å²) < 4.78 is 12.9. The Morgan fingerprint density at radius 2 is 1.09 bits per heavy atom. The molecule has 0 bridgehead atoms. The molecule has 0 unspecified atom stereocenters. The summed E-state index contributed by atoms with van der Waals surface area (Å²) >= 11 is 0. The minimum atomic E-state index is -1.60. The Bertz CT molecular complexity index is 2860. The summed E-state index contributed by atoms with van der Waals surface area (Å²) in [5.74, 6) is 1.39. The molecule has 0 N–H and O–H groups in total. The van der Waals surface area contributed by atoms with Crippen molar-refractivity contribution in [2.45, 2.75) is 78.9 Å². The van der Waals surface area contributed by atoms with Gasteiger partial charge in [-0.05, 0) is 63.5 Å². The van der Waals surface area contributed by atoms with Gasteiger partial charge >= 0.3 is 0 Å². The number of hydrogen-bond acceptors (Lipinski definition) is 4. The SMILES string of the molecule is CC(C)c1ccnc(-c2[c-]ccc3c2oc2c4ccccc4cc([Si](C)(C)C)c32)c1.CC(C)c1ccnc(-c2[c-]ccc3c2oc2cc(C(C)C)ccc23)c1.[Ir]. The molecule has 4 nitrogen and oxygen atoms in total. The zero-order chi connectivity index (χ0) is 38.6. The second-order valence-electron chi connectivity index (χ2n) is 16.7. The maximum absolute atomic E-state index is 6.64. The van der Waals surface area contributed by atoms with Crippen LogP contribution in [-0.2, 0) is 20.1 Å². The van der Waals surface area contributed by atoms with Gasteiger partial charge in [0, 0.05) is 48.7 Å².